The van der Waals surface area contributed by atoms with Crippen molar-refractivity contribution in [1.82, 2.24) is 0 Å². The molecule has 2 heteroatoms. The number of pyridine rings is 1. The highest BCUT2D eigenvalue weighted by atomic mass is 16.3. The lowest BCUT2D eigenvalue weighted by Gasteiger charge is -2.33. The van der Waals surface area contributed by atoms with E-state index in [1.165, 1.54) is 5.56 Å². The van der Waals surface area contributed by atoms with Crippen LogP contribution in [-0.4, -0.2) is 0 Å². The number of hydrogen-bond donors (Lipinski definition) is 0. The Bertz CT molecular complexity index is 1490. The molecule has 0 aliphatic rings. The van der Waals surface area contributed by atoms with E-state index < -0.39 is 0 Å². The highest BCUT2D eigenvalue weighted by Gasteiger charge is 2.29. The first-order valence-corrected chi connectivity index (χ1v) is 13.7. The van der Waals surface area contributed by atoms with Gasteiger partial charge in [0, 0.05) is 35.4 Å². The molecule has 0 spiro atoms. The fourth-order valence-electron chi connectivity index (χ4n) is 5.17. The van der Waals surface area contributed by atoms with Gasteiger partial charge in [-0.3, -0.25) is 0 Å². The van der Waals surface area contributed by atoms with Gasteiger partial charge in [-0.25, -0.2) is 0 Å². The second-order valence-electron chi connectivity index (χ2n) is 12.3. The first-order chi connectivity index (χ1) is 18.5. The molecule has 39 heavy (non-hydrogen) atoms. The van der Waals surface area contributed by atoms with Gasteiger partial charge in [-0.05, 0) is 57.3 Å². The van der Waals surface area contributed by atoms with E-state index in [0.29, 0.717) is 0 Å². The van der Waals surface area contributed by atoms with Gasteiger partial charge >= 0.3 is 0 Å². The summed E-state index contributed by atoms with van der Waals surface area (Å²) in [7, 11) is 0. The summed E-state index contributed by atoms with van der Waals surface area (Å²) < 4.78 is 2.33. The first kappa shape index (κ1) is 26.4. The van der Waals surface area contributed by atoms with Crippen LogP contribution in [0.3, 0.4) is 0 Å². The number of hydrogen-bond acceptors (Lipinski definition) is 1. The van der Waals surface area contributed by atoms with Crippen molar-refractivity contribution in [2.45, 2.75) is 52.4 Å². The molecule has 5 aromatic rings. The van der Waals surface area contributed by atoms with E-state index >= 15 is 0 Å². The molecule has 0 bridgehead atoms. The zero-order chi connectivity index (χ0) is 27.8. The Morgan fingerprint density at radius 2 is 0.821 bits per heavy atom. The summed E-state index contributed by atoms with van der Waals surface area (Å²) in [4.78, 5) is 0. The van der Waals surface area contributed by atoms with Gasteiger partial charge in [-0.1, -0.05) is 108 Å². The van der Waals surface area contributed by atoms with Crippen molar-refractivity contribution >= 4 is 0 Å². The summed E-state index contributed by atoms with van der Waals surface area (Å²) in [6.07, 6.45) is 0. The smallest absolute Gasteiger partial charge is 0.219 e. The molecule has 1 aromatic heterocycles. The maximum atomic E-state index is 13.8. The molecule has 5 rings (SSSR count). The molecule has 0 aliphatic carbocycles. The average Bonchev–Trinajstić information content (AvgIpc) is 2.93. The highest BCUT2D eigenvalue weighted by Crippen LogP contribution is 2.39. The van der Waals surface area contributed by atoms with E-state index in [4.69, 9.17) is 0 Å². The minimum Gasteiger partial charge on any atom is -0.872 e. The third-order valence-corrected chi connectivity index (χ3v) is 7.26. The zero-order valence-corrected chi connectivity index (χ0v) is 23.8. The highest BCUT2D eigenvalue weighted by molar-refractivity contribution is 5.74. The molecular formula is C37H37NO. The van der Waals surface area contributed by atoms with E-state index in [9.17, 15) is 5.11 Å². The Balaban J connectivity index is 1.95. The SMILES string of the molecule is CC(C)(C)c1cc(-[n+]2c(-c3ccccc3)cc(-c3ccccc3)cc2-c2ccccc2)cc(C(C)(C)C)c1[O-]. The predicted molar refractivity (Wildman–Crippen MR) is 161 cm³/mol. The minimum atomic E-state index is -0.294. The molecule has 0 unspecified atom stereocenters. The molecule has 0 saturated carbocycles. The van der Waals surface area contributed by atoms with Crippen molar-refractivity contribution in [3.8, 4) is 45.1 Å². The Kier molecular flexibility index (Phi) is 6.91. The van der Waals surface area contributed by atoms with Crippen molar-refractivity contribution in [2.75, 3.05) is 0 Å². The lowest BCUT2D eigenvalue weighted by Crippen LogP contribution is -2.38. The summed E-state index contributed by atoms with van der Waals surface area (Å²) >= 11 is 0. The van der Waals surface area contributed by atoms with Crippen LogP contribution in [0.4, 0.5) is 0 Å². The third kappa shape index (κ3) is 5.38. The molecule has 196 valence electrons. The molecule has 0 atom stereocenters. The van der Waals surface area contributed by atoms with Gasteiger partial charge in [0.05, 0.1) is 0 Å². The normalized spacial score (nSPS) is 11.9. The van der Waals surface area contributed by atoms with Crippen molar-refractivity contribution in [3.05, 3.63) is 126 Å². The van der Waals surface area contributed by atoms with Crippen molar-refractivity contribution in [1.29, 1.82) is 0 Å². The molecular weight excluding hydrogens is 474 g/mol. The van der Waals surface area contributed by atoms with Gasteiger partial charge in [0.15, 0.2) is 0 Å². The van der Waals surface area contributed by atoms with Gasteiger partial charge in [-0.2, -0.15) is 4.57 Å². The van der Waals surface area contributed by atoms with Crippen LogP contribution in [0.1, 0.15) is 52.7 Å². The summed E-state index contributed by atoms with van der Waals surface area (Å²) in [6.45, 7) is 12.7. The van der Waals surface area contributed by atoms with Crippen LogP contribution in [-0.2, 0) is 10.8 Å². The molecule has 0 fully saturated rings. The molecule has 1 heterocycles. The summed E-state index contributed by atoms with van der Waals surface area (Å²) in [6, 6.07) is 40.4. The summed E-state index contributed by atoms with van der Waals surface area (Å²) in [5.41, 5.74) is 8.79. The van der Waals surface area contributed by atoms with Crippen molar-refractivity contribution in [3.63, 3.8) is 0 Å². The van der Waals surface area contributed by atoms with E-state index in [0.717, 1.165) is 44.9 Å². The van der Waals surface area contributed by atoms with E-state index in [1.807, 2.05) is 0 Å². The van der Waals surface area contributed by atoms with Crippen molar-refractivity contribution < 1.29 is 9.67 Å². The molecule has 0 radical (unpaired) electrons. The Hall–Kier alpha value is -4.17. The molecule has 0 amide bonds. The van der Waals surface area contributed by atoms with Crippen LogP contribution in [0, 0.1) is 0 Å². The van der Waals surface area contributed by atoms with Crippen LogP contribution in [0.15, 0.2) is 115 Å². The fourth-order valence-corrected chi connectivity index (χ4v) is 5.17. The first-order valence-electron chi connectivity index (χ1n) is 13.7. The third-order valence-electron chi connectivity index (χ3n) is 7.26. The molecule has 2 nitrogen and oxygen atoms in total. The van der Waals surface area contributed by atoms with Crippen LogP contribution in [0.2, 0.25) is 0 Å². The Labute approximate surface area is 233 Å². The standard InChI is InChI=1S/C37H37NO/c1-36(2,3)31-24-30(25-32(35(31)39)37(4,5)6)38-33(27-18-12-8-13-19-27)22-29(26-16-10-7-11-17-26)23-34(38)28-20-14-9-15-21-28/h7-25H,1-6H3. The minimum absolute atomic E-state index is 0.141. The predicted octanol–water partition coefficient (Wildman–Crippen LogP) is 8.63. The van der Waals surface area contributed by atoms with Crippen LogP contribution < -0.4 is 9.67 Å². The lowest BCUT2D eigenvalue weighted by molar-refractivity contribution is -0.572. The summed E-state index contributed by atoms with van der Waals surface area (Å²) in [5, 5.41) is 13.8. The van der Waals surface area contributed by atoms with Crippen LogP contribution in [0.5, 0.6) is 5.75 Å². The average molecular weight is 512 g/mol. The second-order valence-corrected chi connectivity index (χ2v) is 12.3. The number of aromatic nitrogens is 1. The molecule has 0 saturated heterocycles. The topological polar surface area (TPSA) is 26.9 Å². The maximum Gasteiger partial charge on any atom is 0.219 e. The fraction of sp³-hybridized carbons (Fsp3) is 0.216. The molecule has 0 N–H and O–H groups in total. The largest absolute Gasteiger partial charge is 0.872 e. The monoisotopic (exact) mass is 511 g/mol. The lowest BCUT2D eigenvalue weighted by atomic mass is 9.79. The van der Waals surface area contributed by atoms with E-state index in [2.05, 4.69) is 161 Å². The Morgan fingerprint density at radius 3 is 1.18 bits per heavy atom. The zero-order valence-electron chi connectivity index (χ0n) is 23.8. The number of benzene rings is 4. The van der Waals surface area contributed by atoms with Gasteiger partial charge in [0.2, 0.25) is 17.1 Å². The number of nitrogens with zero attached hydrogens (tertiary/aromatic N) is 1. The van der Waals surface area contributed by atoms with Crippen molar-refractivity contribution in [2.24, 2.45) is 0 Å². The quantitative estimate of drug-likeness (QED) is 0.222. The van der Waals surface area contributed by atoms with E-state index in [1.54, 1.807) is 0 Å². The second kappa shape index (κ2) is 10.2. The van der Waals surface area contributed by atoms with Crippen LogP contribution in [0.25, 0.3) is 39.3 Å². The molecule has 4 aromatic carbocycles. The Morgan fingerprint density at radius 1 is 0.462 bits per heavy atom. The van der Waals surface area contributed by atoms with Gasteiger partial charge in [-0.15, -0.1) is 5.75 Å². The van der Waals surface area contributed by atoms with Gasteiger partial charge in [0.1, 0.15) is 0 Å². The maximum absolute atomic E-state index is 13.8. The van der Waals surface area contributed by atoms with E-state index in [-0.39, 0.29) is 16.6 Å². The van der Waals surface area contributed by atoms with Gasteiger partial charge < -0.3 is 5.11 Å². The molecule has 0 aliphatic heterocycles. The van der Waals surface area contributed by atoms with Gasteiger partial charge in [0.25, 0.3) is 0 Å². The van der Waals surface area contributed by atoms with Crippen LogP contribution >= 0.6 is 0 Å². The summed E-state index contributed by atoms with van der Waals surface area (Å²) in [5.74, 6) is 0.141. The number of rotatable bonds is 4.